The van der Waals surface area contributed by atoms with Gasteiger partial charge in [-0.3, -0.25) is 13.7 Å². The third kappa shape index (κ3) is 8.12. The van der Waals surface area contributed by atoms with Crippen molar-refractivity contribution in [1.82, 2.24) is 18.7 Å². The number of aromatic nitrogens is 5. The zero-order valence-corrected chi connectivity index (χ0v) is 52.1. The van der Waals surface area contributed by atoms with Crippen molar-refractivity contribution in [3.05, 3.63) is 266 Å². The first kappa shape index (κ1) is 53.3. The van der Waals surface area contributed by atoms with Crippen LogP contribution in [-0.4, -0.2) is 18.7 Å². The Hall–Kier alpha value is -10.8. The maximum absolute atomic E-state index is 7.11. The van der Waals surface area contributed by atoms with Crippen LogP contribution in [0.2, 0.25) is 0 Å². The molecule has 6 heterocycles. The Morgan fingerprint density at radius 2 is 1.02 bits per heavy atom. The predicted octanol–water partition coefficient (Wildman–Crippen LogP) is 21.6. The van der Waals surface area contributed by atoms with E-state index >= 15 is 0 Å². The zero-order chi connectivity index (χ0) is 61.2. The monoisotopic (exact) mass is 1180 g/mol. The van der Waals surface area contributed by atoms with Gasteiger partial charge in [0.05, 0.1) is 44.5 Å². The molecule has 0 saturated carbocycles. The Labute approximate surface area is 528 Å². The number of benzene rings is 11. The Morgan fingerprint density at radius 1 is 0.440 bits per heavy atom. The van der Waals surface area contributed by atoms with E-state index in [9.17, 15) is 0 Å². The number of hydrogen-bond acceptors (Lipinski definition) is 3. The van der Waals surface area contributed by atoms with Gasteiger partial charge in [0.15, 0.2) is 0 Å². The first-order chi connectivity index (χ1) is 44.2. The van der Waals surface area contributed by atoms with Gasteiger partial charge < -0.3 is 13.7 Å². The summed E-state index contributed by atoms with van der Waals surface area (Å²) in [6.45, 7) is 16.5. The highest BCUT2D eigenvalue weighted by Crippen LogP contribution is 2.53. The highest BCUT2D eigenvalue weighted by atomic mass is 16.5. The summed E-state index contributed by atoms with van der Waals surface area (Å²) in [7, 11) is 0. The van der Waals surface area contributed by atoms with Crippen LogP contribution in [0.5, 0.6) is 11.5 Å². The van der Waals surface area contributed by atoms with E-state index in [0.717, 1.165) is 135 Å². The Bertz CT molecular complexity index is 5700. The number of fused-ring (bicyclic) bond motifs is 17. The average Bonchev–Trinajstić information content (AvgIpc) is 1.70. The summed E-state index contributed by atoms with van der Waals surface area (Å²) in [5.74, 6) is 2.30. The number of ether oxygens (including phenoxy) is 1. The molecule has 1 aliphatic heterocycles. The number of para-hydroxylation sites is 5. The molecule has 16 aromatic rings. The molecule has 1 aliphatic carbocycles. The maximum Gasteiger partial charge on any atom is 0.269 e. The fourth-order valence-corrected chi connectivity index (χ4v) is 15.3. The van der Waals surface area contributed by atoms with Crippen LogP contribution in [0.1, 0.15) is 78.0 Å². The van der Waals surface area contributed by atoms with Crippen LogP contribution in [0.25, 0.3) is 144 Å². The molecular weight excluding hydrogens is 1110 g/mol. The van der Waals surface area contributed by atoms with E-state index in [0.29, 0.717) is 5.75 Å². The summed E-state index contributed by atoms with van der Waals surface area (Å²) in [5, 5.41) is 6.88. The Morgan fingerprint density at radius 3 is 1.74 bits per heavy atom. The predicted molar refractivity (Wildman–Crippen MR) is 373 cm³/mol. The van der Waals surface area contributed by atoms with Crippen molar-refractivity contribution in [2.75, 3.05) is 0 Å². The lowest BCUT2D eigenvalue weighted by Crippen LogP contribution is -2.34. The van der Waals surface area contributed by atoms with Crippen molar-refractivity contribution >= 4 is 76.6 Å². The van der Waals surface area contributed by atoms with Crippen LogP contribution >= 0.6 is 0 Å². The van der Waals surface area contributed by atoms with E-state index in [1.165, 1.54) is 44.2 Å². The molecule has 0 fully saturated rings. The highest BCUT2D eigenvalue weighted by molar-refractivity contribution is 6.12. The van der Waals surface area contributed by atoms with Crippen molar-refractivity contribution in [2.45, 2.75) is 77.6 Å². The van der Waals surface area contributed by atoms with Crippen LogP contribution in [-0.2, 0) is 16.2 Å². The van der Waals surface area contributed by atoms with E-state index in [-0.39, 0.29) is 16.2 Å². The number of rotatable bonds is 6. The highest BCUT2D eigenvalue weighted by Gasteiger charge is 2.39. The first-order valence-corrected chi connectivity index (χ1v) is 31.9. The second-order valence-electron chi connectivity index (χ2n) is 27.6. The van der Waals surface area contributed by atoms with E-state index in [4.69, 9.17) is 14.1 Å². The van der Waals surface area contributed by atoms with Crippen molar-refractivity contribution < 1.29 is 13.7 Å². The third-order valence-corrected chi connectivity index (χ3v) is 20.1. The van der Waals surface area contributed by atoms with Gasteiger partial charge in [-0.25, -0.2) is 4.98 Å². The number of furan rings is 1. The van der Waals surface area contributed by atoms with Gasteiger partial charge in [0.2, 0.25) is 0 Å². The first-order valence-electron chi connectivity index (χ1n) is 31.9. The summed E-state index contributed by atoms with van der Waals surface area (Å²) in [5.41, 5.74) is 24.2. The molecular formula is C84H65N5O2. The van der Waals surface area contributed by atoms with Gasteiger partial charge in [-0.05, 0) is 187 Å². The van der Waals surface area contributed by atoms with Gasteiger partial charge in [0, 0.05) is 50.3 Å². The van der Waals surface area contributed by atoms with Gasteiger partial charge >= 0.3 is 0 Å². The molecule has 0 amide bonds. The second kappa shape index (κ2) is 19.4. The molecule has 7 nitrogen and oxygen atoms in total. The van der Waals surface area contributed by atoms with Crippen molar-refractivity contribution in [3.8, 4) is 78.9 Å². The summed E-state index contributed by atoms with van der Waals surface area (Å²) in [4.78, 5) is 4.99. The molecule has 0 N–H and O–H groups in total. The molecule has 5 aromatic heterocycles. The maximum atomic E-state index is 7.11. The van der Waals surface area contributed by atoms with Crippen LogP contribution in [0.15, 0.2) is 247 Å². The number of imidazole rings is 1. The van der Waals surface area contributed by atoms with Crippen LogP contribution < -0.4 is 9.30 Å². The number of hydrogen-bond donors (Lipinski definition) is 0. The summed E-state index contributed by atoms with van der Waals surface area (Å²) in [6.07, 6.45) is 8.32. The van der Waals surface area contributed by atoms with E-state index in [2.05, 4.69) is 304 Å². The summed E-state index contributed by atoms with van der Waals surface area (Å²) < 4.78 is 23.0. The van der Waals surface area contributed by atoms with E-state index in [1.807, 2.05) is 12.3 Å². The molecule has 11 aromatic carbocycles. The van der Waals surface area contributed by atoms with Gasteiger partial charge in [-0.1, -0.05) is 182 Å². The minimum absolute atomic E-state index is 0.0316. The van der Waals surface area contributed by atoms with Crippen molar-refractivity contribution in [1.29, 1.82) is 0 Å². The lowest BCUT2D eigenvalue weighted by Gasteiger charge is -2.42. The molecule has 0 unspecified atom stereocenters. The average molecular weight is 1180 g/mol. The smallest absolute Gasteiger partial charge is 0.269 e. The molecule has 438 valence electrons. The zero-order valence-electron chi connectivity index (χ0n) is 52.1. The Balaban J connectivity index is 0.920. The standard InChI is InChI=1S/C84H65N5O2/c1-82(2,3)52-38-41-85-79(43-52)89-74-32-16-12-26-62(74)63-36-35-56(47-75(63)89)90-55-21-18-20-53(44-55)86-50-87-80-57(51-34-37-78-68(42-51)64-27-13-17-33-77(64)91-78)28-19-29-65(80)67-49-71-70(83(4,5)39-40-84(71,6)7)48-66(67)58-22-8-9-23-59(58)69-45-54(46-76(86)81(69)87)88-72-30-14-10-24-60(72)61-25-11-15-31-73(61)88/h8-38,41-49H,39-40H2,1-7H3. The molecule has 7 heteroatoms. The molecule has 91 heavy (non-hydrogen) atoms. The van der Waals surface area contributed by atoms with Gasteiger partial charge in [-0.2, -0.15) is 0 Å². The van der Waals surface area contributed by atoms with Crippen molar-refractivity contribution in [3.63, 3.8) is 0 Å². The normalized spacial score (nSPS) is 14.2. The van der Waals surface area contributed by atoms with Gasteiger partial charge in [0.25, 0.3) is 6.33 Å². The minimum Gasteiger partial charge on any atom is -0.458 e. The fourth-order valence-electron chi connectivity index (χ4n) is 15.3. The second-order valence-corrected chi connectivity index (χ2v) is 27.6. The number of nitrogens with zero attached hydrogens (tertiary/aromatic N) is 5. The van der Waals surface area contributed by atoms with E-state index in [1.54, 1.807) is 0 Å². The van der Waals surface area contributed by atoms with Gasteiger partial charge in [0.1, 0.15) is 28.5 Å². The molecule has 2 aliphatic rings. The lowest BCUT2D eigenvalue weighted by molar-refractivity contribution is -0.570. The SMILES string of the molecule is CC(C)(C)c1ccnc(-n2c3ccccc3c3ccc(Oc4cccc(-n5[c-][n+]6c7c(cc(-n8c9ccccc9c9ccccc98)cc75)-c5ccccc5-c5cc7c(cc5-c5cccc(-c8ccc9oc%10ccccc%10c9c8)c5-6)C(C)(C)CCC7(C)C)c4)cc32)c1. The summed E-state index contributed by atoms with van der Waals surface area (Å²) >= 11 is 0. The minimum atomic E-state index is -0.0530. The molecule has 0 bridgehead atoms. The molecule has 0 atom stereocenters. The van der Waals surface area contributed by atoms with Crippen LogP contribution in [0.3, 0.4) is 0 Å². The lowest BCUT2D eigenvalue weighted by atomic mass is 9.62. The quantitative estimate of drug-likeness (QED) is 0.123. The van der Waals surface area contributed by atoms with Crippen LogP contribution in [0.4, 0.5) is 0 Å². The molecule has 18 rings (SSSR count). The topological polar surface area (TPSA) is 53.9 Å². The molecule has 0 saturated heterocycles. The Kier molecular flexibility index (Phi) is 11.3. The van der Waals surface area contributed by atoms with Gasteiger partial charge in [-0.15, -0.1) is 0 Å². The fraction of sp³-hybridized carbons (Fsp3) is 0.143. The van der Waals surface area contributed by atoms with Crippen molar-refractivity contribution in [2.24, 2.45) is 0 Å². The number of pyridine rings is 1. The van der Waals surface area contributed by atoms with Crippen LogP contribution in [0, 0.1) is 6.33 Å². The third-order valence-electron chi connectivity index (χ3n) is 20.1. The molecule has 0 radical (unpaired) electrons. The van der Waals surface area contributed by atoms with E-state index < -0.39 is 0 Å². The largest absolute Gasteiger partial charge is 0.458 e. The summed E-state index contributed by atoms with van der Waals surface area (Å²) in [6, 6.07) is 86.7. The molecule has 0 spiro atoms.